The molecule has 3 heteroatoms. The molecule has 0 saturated carbocycles. The molecule has 2 aliphatic carbocycles. The van der Waals surface area contributed by atoms with Crippen LogP contribution in [-0.4, -0.2) is 0 Å². The zero-order valence-electron chi connectivity index (χ0n) is 40.4. The van der Waals surface area contributed by atoms with Crippen molar-refractivity contribution in [3.63, 3.8) is 0 Å². The van der Waals surface area contributed by atoms with Gasteiger partial charge in [-0.05, 0) is 104 Å². The molecule has 0 atom stereocenters. The minimum atomic E-state index is -0.738. The SMILES string of the molecule is CC1(C)c2ccccc2-c2ccc(N(c3ccccc3-c3ccccc3)c3ccc(-c4cccc5c4Oc4ccccc4C54c5ccccc5-c5ccccc5-c5ccccc54)c4oc5ccccc5c34)cc21. The summed E-state index contributed by atoms with van der Waals surface area (Å²) in [5, 5.41) is 2.07. The molecule has 12 aromatic rings. The van der Waals surface area contributed by atoms with Gasteiger partial charge in [-0.3, -0.25) is 0 Å². The number of ether oxygens (including phenoxy) is 1. The zero-order valence-corrected chi connectivity index (χ0v) is 40.4. The van der Waals surface area contributed by atoms with Gasteiger partial charge in [0.25, 0.3) is 0 Å². The Labute approximate surface area is 424 Å². The number of hydrogen-bond donors (Lipinski definition) is 0. The molecule has 3 nitrogen and oxygen atoms in total. The number of benzene rings is 11. The quantitative estimate of drug-likeness (QED) is 0.172. The summed E-state index contributed by atoms with van der Waals surface area (Å²) in [6, 6.07) is 90.8. The number of hydrogen-bond acceptors (Lipinski definition) is 3. The lowest BCUT2D eigenvalue weighted by atomic mass is 9.62. The van der Waals surface area contributed by atoms with Gasteiger partial charge >= 0.3 is 0 Å². The van der Waals surface area contributed by atoms with Gasteiger partial charge in [-0.2, -0.15) is 0 Å². The number of furan rings is 1. The van der Waals surface area contributed by atoms with E-state index < -0.39 is 5.41 Å². The van der Waals surface area contributed by atoms with Crippen molar-refractivity contribution < 1.29 is 9.15 Å². The Bertz CT molecular complexity index is 4170. The van der Waals surface area contributed by atoms with E-state index in [2.05, 4.69) is 267 Å². The maximum absolute atomic E-state index is 7.38. The average Bonchev–Trinajstić information content (AvgIpc) is 3.93. The van der Waals surface area contributed by atoms with Crippen LogP contribution in [0.4, 0.5) is 17.1 Å². The van der Waals surface area contributed by atoms with Crippen LogP contribution in [0.2, 0.25) is 0 Å². The highest BCUT2D eigenvalue weighted by atomic mass is 16.5. The van der Waals surface area contributed by atoms with Gasteiger partial charge < -0.3 is 14.1 Å². The molecule has 2 heterocycles. The summed E-state index contributed by atoms with van der Waals surface area (Å²) in [4.78, 5) is 2.47. The minimum absolute atomic E-state index is 0.197. The zero-order chi connectivity index (χ0) is 48.4. The predicted molar refractivity (Wildman–Crippen MR) is 300 cm³/mol. The molecule has 0 amide bonds. The lowest BCUT2D eigenvalue weighted by molar-refractivity contribution is 0.436. The molecule has 0 fully saturated rings. The Hall–Kier alpha value is -9.18. The molecule has 15 rings (SSSR count). The minimum Gasteiger partial charge on any atom is -0.456 e. The molecule has 344 valence electrons. The second-order valence-electron chi connectivity index (χ2n) is 20.2. The van der Waals surface area contributed by atoms with E-state index in [0.29, 0.717) is 0 Å². The first-order valence-electron chi connectivity index (χ1n) is 25.3. The Balaban J connectivity index is 1.01. The van der Waals surface area contributed by atoms with Gasteiger partial charge in [0.2, 0.25) is 0 Å². The number of fused-ring (bicyclic) bond motifs is 17. The van der Waals surface area contributed by atoms with Gasteiger partial charge in [-0.25, -0.2) is 0 Å². The molecule has 1 aliphatic heterocycles. The van der Waals surface area contributed by atoms with Crippen LogP contribution in [0, 0.1) is 0 Å². The molecule has 0 unspecified atom stereocenters. The van der Waals surface area contributed by atoms with E-state index in [-0.39, 0.29) is 5.41 Å². The number of anilines is 3. The summed E-state index contributed by atoms with van der Waals surface area (Å²) in [6.45, 7) is 4.72. The molecule has 0 saturated heterocycles. The molecule has 0 N–H and O–H groups in total. The predicted octanol–water partition coefficient (Wildman–Crippen LogP) is 18.8. The van der Waals surface area contributed by atoms with Crippen molar-refractivity contribution in [3.8, 4) is 67.1 Å². The fourth-order valence-corrected chi connectivity index (χ4v) is 13.0. The van der Waals surface area contributed by atoms with E-state index in [1.165, 1.54) is 55.6 Å². The van der Waals surface area contributed by atoms with Crippen LogP contribution in [0.25, 0.3) is 77.6 Å². The molecule has 1 spiro atoms. The Morgan fingerprint density at radius 2 is 0.890 bits per heavy atom. The fourth-order valence-electron chi connectivity index (χ4n) is 13.0. The second kappa shape index (κ2) is 15.7. The molecule has 73 heavy (non-hydrogen) atoms. The Morgan fingerprint density at radius 3 is 1.63 bits per heavy atom. The van der Waals surface area contributed by atoms with Gasteiger partial charge in [0, 0.05) is 44.3 Å². The Kier molecular flexibility index (Phi) is 8.92. The maximum atomic E-state index is 7.38. The highest BCUT2D eigenvalue weighted by molar-refractivity contribution is 6.18. The molecule has 3 aliphatic rings. The van der Waals surface area contributed by atoms with E-state index in [1.807, 2.05) is 0 Å². The van der Waals surface area contributed by atoms with E-state index in [9.17, 15) is 0 Å². The van der Waals surface area contributed by atoms with Crippen molar-refractivity contribution in [1.29, 1.82) is 0 Å². The summed E-state index contributed by atoms with van der Waals surface area (Å²) < 4.78 is 14.6. The van der Waals surface area contributed by atoms with Crippen LogP contribution in [0.5, 0.6) is 11.5 Å². The largest absolute Gasteiger partial charge is 0.456 e. The third-order valence-corrected chi connectivity index (χ3v) is 16.2. The third kappa shape index (κ3) is 5.82. The number of nitrogens with zero attached hydrogens (tertiary/aromatic N) is 1. The van der Waals surface area contributed by atoms with Crippen molar-refractivity contribution in [2.75, 3.05) is 4.90 Å². The molecular formula is C70H47NO2. The standard InChI is InChI=1S/C70H47NO2/c1-69(2)56-31-13-8-28-51(56)52-40-39-45(43-61(52)69)71(62-36-17-11-23-46(62)44-21-4-3-5-22-44)63-42-41-54(68-66(63)55-29-12-18-37-64(55)72-68)53-30-20-35-60-67(53)73-65-38-19-16-34-59(65)70(60)57-32-14-9-26-49(57)47-24-6-7-25-48(47)50-27-10-15-33-58(50)70/h3-43H,1-2H3. The summed E-state index contributed by atoms with van der Waals surface area (Å²) in [5.41, 5.74) is 22.8. The third-order valence-electron chi connectivity index (χ3n) is 16.2. The van der Waals surface area contributed by atoms with E-state index >= 15 is 0 Å². The summed E-state index contributed by atoms with van der Waals surface area (Å²) in [7, 11) is 0. The van der Waals surface area contributed by atoms with Gasteiger partial charge in [-0.1, -0.05) is 220 Å². The van der Waals surface area contributed by atoms with Gasteiger partial charge in [0.1, 0.15) is 22.7 Å². The van der Waals surface area contributed by atoms with Crippen molar-refractivity contribution in [2.45, 2.75) is 24.7 Å². The van der Waals surface area contributed by atoms with Gasteiger partial charge in [-0.15, -0.1) is 0 Å². The molecular weight excluding hydrogens is 887 g/mol. The maximum Gasteiger partial charge on any atom is 0.145 e. The average molecular weight is 934 g/mol. The highest BCUT2D eigenvalue weighted by Gasteiger charge is 2.50. The topological polar surface area (TPSA) is 25.6 Å². The first kappa shape index (κ1) is 41.6. The van der Waals surface area contributed by atoms with E-state index in [0.717, 1.165) is 83.9 Å². The van der Waals surface area contributed by atoms with Gasteiger partial charge in [0.15, 0.2) is 0 Å². The summed E-state index contributed by atoms with van der Waals surface area (Å²) in [6.07, 6.45) is 0. The van der Waals surface area contributed by atoms with Crippen molar-refractivity contribution in [2.24, 2.45) is 0 Å². The van der Waals surface area contributed by atoms with Gasteiger partial charge in [0.05, 0.1) is 22.2 Å². The molecule has 0 bridgehead atoms. The second-order valence-corrected chi connectivity index (χ2v) is 20.2. The summed E-state index contributed by atoms with van der Waals surface area (Å²) in [5.74, 6) is 1.65. The monoisotopic (exact) mass is 933 g/mol. The van der Waals surface area contributed by atoms with Crippen LogP contribution >= 0.6 is 0 Å². The normalized spacial score (nSPS) is 13.9. The van der Waals surface area contributed by atoms with Crippen LogP contribution in [0.15, 0.2) is 253 Å². The van der Waals surface area contributed by atoms with Crippen LogP contribution in [0.1, 0.15) is 47.2 Å². The molecule has 1 aromatic heterocycles. The first-order chi connectivity index (χ1) is 36.0. The van der Waals surface area contributed by atoms with Crippen molar-refractivity contribution in [3.05, 3.63) is 282 Å². The smallest absolute Gasteiger partial charge is 0.145 e. The molecule has 11 aromatic carbocycles. The van der Waals surface area contributed by atoms with Crippen molar-refractivity contribution >= 4 is 39.0 Å². The van der Waals surface area contributed by atoms with Crippen LogP contribution in [0.3, 0.4) is 0 Å². The Morgan fingerprint density at radius 1 is 0.356 bits per heavy atom. The number of para-hydroxylation sites is 4. The van der Waals surface area contributed by atoms with Crippen LogP contribution in [-0.2, 0) is 10.8 Å². The lowest BCUT2D eigenvalue weighted by Crippen LogP contribution is -2.34. The summed E-state index contributed by atoms with van der Waals surface area (Å²) >= 11 is 0. The highest BCUT2D eigenvalue weighted by Crippen LogP contribution is 2.63. The molecule has 0 radical (unpaired) electrons. The number of rotatable bonds is 5. The van der Waals surface area contributed by atoms with E-state index in [4.69, 9.17) is 9.15 Å². The fraction of sp³-hybridized carbons (Fsp3) is 0.0571. The first-order valence-corrected chi connectivity index (χ1v) is 25.3. The van der Waals surface area contributed by atoms with E-state index in [1.54, 1.807) is 0 Å². The lowest BCUT2D eigenvalue weighted by Gasteiger charge is -2.43. The van der Waals surface area contributed by atoms with Crippen molar-refractivity contribution in [1.82, 2.24) is 0 Å². The van der Waals surface area contributed by atoms with Crippen LogP contribution < -0.4 is 9.64 Å².